The molecule has 0 spiro atoms. The summed E-state index contributed by atoms with van der Waals surface area (Å²) >= 11 is 0. The molecule has 1 atom stereocenters. The molecule has 146 valence electrons. The second-order valence-electron chi connectivity index (χ2n) is 6.79. The van der Waals surface area contributed by atoms with Gasteiger partial charge in [-0.1, -0.05) is 39.7 Å². The topological polar surface area (TPSA) is 74.7 Å². The first-order valence-electron chi connectivity index (χ1n) is 9.28. The van der Waals surface area contributed by atoms with Crippen molar-refractivity contribution in [1.82, 2.24) is 4.98 Å². The van der Waals surface area contributed by atoms with Crippen LogP contribution >= 0.6 is 0 Å². The van der Waals surface area contributed by atoms with Crippen LogP contribution in [0.3, 0.4) is 0 Å². The molecule has 0 aliphatic carbocycles. The number of carbonyl (C=O) groups is 2. The highest BCUT2D eigenvalue weighted by Gasteiger charge is 2.17. The molecule has 1 rings (SSSR count). The molecule has 0 radical (unpaired) electrons. The first-order chi connectivity index (χ1) is 12.5. The highest BCUT2D eigenvalue weighted by Crippen LogP contribution is 2.14. The summed E-state index contributed by atoms with van der Waals surface area (Å²) in [6.07, 6.45) is 4.02. The fourth-order valence-electron chi connectivity index (χ4n) is 2.33. The lowest BCUT2D eigenvalue weighted by Crippen LogP contribution is -2.18. The van der Waals surface area contributed by atoms with E-state index in [1.807, 2.05) is 13.8 Å². The SMILES string of the molecule is CCCCC(CCOC)COC(=O)c1cccc(C(=O)OCC(C)C)n1. The van der Waals surface area contributed by atoms with Gasteiger partial charge in [-0.3, -0.25) is 0 Å². The zero-order valence-corrected chi connectivity index (χ0v) is 16.3. The number of pyridine rings is 1. The van der Waals surface area contributed by atoms with Gasteiger partial charge in [-0.15, -0.1) is 0 Å². The van der Waals surface area contributed by atoms with Gasteiger partial charge < -0.3 is 14.2 Å². The number of unbranched alkanes of at least 4 members (excludes halogenated alkanes) is 1. The van der Waals surface area contributed by atoms with E-state index in [9.17, 15) is 9.59 Å². The minimum atomic E-state index is -0.533. The van der Waals surface area contributed by atoms with Crippen molar-refractivity contribution in [3.05, 3.63) is 29.6 Å². The smallest absolute Gasteiger partial charge is 0.356 e. The van der Waals surface area contributed by atoms with Crippen LogP contribution in [-0.4, -0.2) is 43.9 Å². The Kier molecular flexibility index (Phi) is 10.5. The normalized spacial score (nSPS) is 12.0. The summed E-state index contributed by atoms with van der Waals surface area (Å²) in [5.74, 6) is -0.561. The number of aromatic nitrogens is 1. The number of hydrogen-bond acceptors (Lipinski definition) is 6. The van der Waals surface area contributed by atoms with E-state index in [1.54, 1.807) is 13.2 Å². The second-order valence-corrected chi connectivity index (χ2v) is 6.79. The van der Waals surface area contributed by atoms with Crippen molar-refractivity contribution in [2.45, 2.75) is 46.5 Å². The number of nitrogens with zero attached hydrogens (tertiary/aromatic N) is 1. The van der Waals surface area contributed by atoms with E-state index in [1.165, 1.54) is 12.1 Å². The van der Waals surface area contributed by atoms with Crippen LogP contribution in [0, 0.1) is 11.8 Å². The Morgan fingerprint density at radius 3 is 2.19 bits per heavy atom. The summed E-state index contributed by atoms with van der Waals surface area (Å²) < 4.78 is 15.7. The Labute approximate surface area is 156 Å². The van der Waals surface area contributed by atoms with Gasteiger partial charge in [0.05, 0.1) is 13.2 Å². The number of esters is 2. The Morgan fingerprint density at radius 2 is 1.65 bits per heavy atom. The van der Waals surface area contributed by atoms with Crippen LogP contribution in [-0.2, 0) is 14.2 Å². The highest BCUT2D eigenvalue weighted by atomic mass is 16.5. The number of methoxy groups -OCH3 is 1. The molecule has 1 aromatic rings. The van der Waals surface area contributed by atoms with E-state index in [-0.39, 0.29) is 23.2 Å². The van der Waals surface area contributed by atoms with Crippen molar-refractivity contribution in [2.75, 3.05) is 26.9 Å². The van der Waals surface area contributed by atoms with E-state index in [0.29, 0.717) is 19.8 Å². The van der Waals surface area contributed by atoms with Gasteiger partial charge in [-0.25, -0.2) is 14.6 Å². The van der Waals surface area contributed by atoms with Crippen LogP contribution in [0.5, 0.6) is 0 Å². The van der Waals surface area contributed by atoms with Gasteiger partial charge in [0.15, 0.2) is 0 Å². The first kappa shape index (κ1) is 22.1. The highest BCUT2D eigenvalue weighted by molar-refractivity contribution is 5.91. The summed E-state index contributed by atoms with van der Waals surface area (Å²) in [5, 5.41) is 0. The van der Waals surface area contributed by atoms with Gasteiger partial charge in [0.2, 0.25) is 0 Å². The fraction of sp³-hybridized carbons (Fsp3) is 0.650. The molecule has 0 saturated heterocycles. The number of hydrogen-bond donors (Lipinski definition) is 0. The molecule has 0 bridgehead atoms. The Hall–Kier alpha value is -1.95. The predicted octanol–water partition coefficient (Wildman–Crippen LogP) is 3.89. The Bertz CT molecular complexity index is 551. The minimum Gasteiger partial charge on any atom is -0.461 e. The monoisotopic (exact) mass is 365 g/mol. The molecule has 26 heavy (non-hydrogen) atoms. The molecule has 0 amide bonds. The summed E-state index contributed by atoms with van der Waals surface area (Å²) in [7, 11) is 1.66. The lowest BCUT2D eigenvalue weighted by atomic mass is 10.00. The maximum Gasteiger partial charge on any atom is 0.356 e. The molecule has 0 N–H and O–H groups in total. The van der Waals surface area contributed by atoms with Gasteiger partial charge in [0, 0.05) is 13.7 Å². The maximum absolute atomic E-state index is 12.3. The number of carbonyl (C=O) groups excluding carboxylic acids is 2. The average molecular weight is 365 g/mol. The maximum atomic E-state index is 12.3. The van der Waals surface area contributed by atoms with Gasteiger partial charge in [-0.05, 0) is 36.8 Å². The number of ether oxygens (including phenoxy) is 3. The molecular formula is C20H31NO5. The van der Waals surface area contributed by atoms with Crippen molar-refractivity contribution in [2.24, 2.45) is 11.8 Å². The molecule has 0 aliphatic heterocycles. The third-order valence-electron chi connectivity index (χ3n) is 3.86. The van der Waals surface area contributed by atoms with Crippen molar-refractivity contribution < 1.29 is 23.8 Å². The summed E-state index contributed by atoms with van der Waals surface area (Å²) in [5.41, 5.74) is 0.229. The van der Waals surface area contributed by atoms with Crippen LogP contribution in [0.25, 0.3) is 0 Å². The Morgan fingerprint density at radius 1 is 1.04 bits per heavy atom. The van der Waals surface area contributed by atoms with Crippen molar-refractivity contribution in [1.29, 1.82) is 0 Å². The van der Waals surface area contributed by atoms with Crippen LogP contribution in [0.2, 0.25) is 0 Å². The van der Waals surface area contributed by atoms with Crippen molar-refractivity contribution in [3.8, 4) is 0 Å². The van der Waals surface area contributed by atoms with Crippen molar-refractivity contribution in [3.63, 3.8) is 0 Å². The lowest BCUT2D eigenvalue weighted by molar-refractivity contribution is 0.0391. The molecule has 0 aliphatic rings. The zero-order chi connectivity index (χ0) is 19.4. The predicted molar refractivity (Wildman–Crippen MR) is 99.1 cm³/mol. The average Bonchev–Trinajstić information content (AvgIpc) is 2.65. The van der Waals surface area contributed by atoms with Gasteiger partial charge in [0.1, 0.15) is 11.4 Å². The molecule has 0 saturated carbocycles. The van der Waals surface area contributed by atoms with Gasteiger partial charge in [0.25, 0.3) is 0 Å². The molecule has 1 aromatic heterocycles. The van der Waals surface area contributed by atoms with E-state index in [2.05, 4.69) is 11.9 Å². The minimum absolute atomic E-state index is 0.113. The molecule has 1 heterocycles. The molecular weight excluding hydrogens is 334 g/mol. The van der Waals surface area contributed by atoms with Crippen LogP contribution in [0.15, 0.2) is 18.2 Å². The summed E-state index contributed by atoms with van der Waals surface area (Å²) in [6.45, 7) is 7.31. The number of rotatable bonds is 12. The van der Waals surface area contributed by atoms with E-state index in [0.717, 1.165) is 25.7 Å². The van der Waals surface area contributed by atoms with E-state index in [4.69, 9.17) is 14.2 Å². The third-order valence-corrected chi connectivity index (χ3v) is 3.86. The third kappa shape index (κ3) is 8.43. The van der Waals surface area contributed by atoms with E-state index >= 15 is 0 Å². The van der Waals surface area contributed by atoms with E-state index < -0.39 is 11.9 Å². The quantitative estimate of drug-likeness (QED) is 0.523. The van der Waals surface area contributed by atoms with Crippen LogP contribution < -0.4 is 0 Å². The summed E-state index contributed by atoms with van der Waals surface area (Å²) in [6, 6.07) is 4.68. The Balaban J connectivity index is 2.62. The molecule has 6 nitrogen and oxygen atoms in total. The van der Waals surface area contributed by atoms with Crippen LogP contribution in [0.1, 0.15) is 67.4 Å². The van der Waals surface area contributed by atoms with Gasteiger partial charge >= 0.3 is 11.9 Å². The molecule has 0 aromatic carbocycles. The summed E-state index contributed by atoms with van der Waals surface area (Å²) in [4.78, 5) is 28.3. The van der Waals surface area contributed by atoms with Gasteiger partial charge in [-0.2, -0.15) is 0 Å². The lowest BCUT2D eigenvalue weighted by Gasteiger charge is -2.16. The zero-order valence-electron chi connectivity index (χ0n) is 16.3. The van der Waals surface area contributed by atoms with Crippen molar-refractivity contribution >= 4 is 11.9 Å². The second kappa shape index (κ2) is 12.4. The standard InChI is InChI=1S/C20H31NO5/c1-5-6-8-16(11-12-24-4)14-26-20(23)18-10-7-9-17(21-18)19(22)25-13-15(2)3/h7,9-10,15-16H,5-6,8,11-14H2,1-4H3. The fourth-order valence-corrected chi connectivity index (χ4v) is 2.33. The molecule has 0 fully saturated rings. The first-order valence-corrected chi connectivity index (χ1v) is 9.28. The molecule has 6 heteroatoms. The largest absolute Gasteiger partial charge is 0.461 e. The van der Waals surface area contributed by atoms with Crippen LogP contribution in [0.4, 0.5) is 0 Å². The molecule has 1 unspecified atom stereocenters.